The average molecular weight is 346 g/mol. The number of anilines is 1. The van der Waals surface area contributed by atoms with Crippen LogP contribution in [0.5, 0.6) is 0 Å². The van der Waals surface area contributed by atoms with Gasteiger partial charge in [0, 0.05) is 43.6 Å². The number of nitrogens with zero attached hydrogens (tertiary/aromatic N) is 5. The number of hydrogen-bond donors (Lipinski definition) is 1. The Balaban J connectivity index is 1.36. The molecular weight excluding hydrogens is 324 g/mol. The molecule has 2 aromatic heterocycles. The molecule has 0 unspecified atom stereocenters. The fraction of sp³-hybridized carbons (Fsp3) is 0.300. The van der Waals surface area contributed by atoms with Crippen molar-refractivity contribution < 1.29 is 0 Å². The first-order chi connectivity index (χ1) is 12.9. The highest BCUT2D eigenvalue weighted by Gasteiger charge is 2.25. The standard InChI is InChI=1S/C20H22N6/c1-2-6-16(7-3-1)20-22-12-10-17(24-20)14-21-15-18-8-5-13-26(18)19-9-4-11-23-25-19/h1-4,6-7,9-12,18,21H,5,8,13-15H2/t18-/m1/s1. The van der Waals surface area contributed by atoms with Crippen molar-refractivity contribution in [1.29, 1.82) is 0 Å². The van der Waals surface area contributed by atoms with Crippen LogP contribution in [0.3, 0.4) is 0 Å². The second-order valence-electron chi connectivity index (χ2n) is 6.44. The number of rotatable bonds is 6. The van der Waals surface area contributed by atoms with Crippen molar-refractivity contribution in [3.05, 3.63) is 66.6 Å². The monoisotopic (exact) mass is 346 g/mol. The summed E-state index contributed by atoms with van der Waals surface area (Å²) in [5.74, 6) is 1.73. The van der Waals surface area contributed by atoms with Gasteiger partial charge in [0.05, 0.1) is 5.69 Å². The lowest BCUT2D eigenvalue weighted by atomic mass is 10.2. The maximum Gasteiger partial charge on any atom is 0.159 e. The van der Waals surface area contributed by atoms with Gasteiger partial charge in [-0.15, -0.1) is 5.10 Å². The summed E-state index contributed by atoms with van der Waals surface area (Å²) in [4.78, 5) is 11.4. The van der Waals surface area contributed by atoms with Gasteiger partial charge in [-0.25, -0.2) is 9.97 Å². The van der Waals surface area contributed by atoms with Gasteiger partial charge < -0.3 is 10.2 Å². The van der Waals surface area contributed by atoms with E-state index in [1.165, 1.54) is 12.8 Å². The summed E-state index contributed by atoms with van der Waals surface area (Å²) in [7, 11) is 0. The van der Waals surface area contributed by atoms with Gasteiger partial charge in [0.25, 0.3) is 0 Å². The molecule has 1 saturated heterocycles. The van der Waals surface area contributed by atoms with Crippen molar-refractivity contribution in [1.82, 2.24) is 25.5 Å². The molecule has 1 aliphatic rings. The number of aromatic nitrogens is 4. The normalized spacial score (nSPS) is 16.8. The Kier molecular flexibility index (Phi) is 5.12. The van der Waals surface area contributed by atoms with E-state index in [2.05, 4.69) is 30.4 Å². The molecule has 3 aromatic rings. The summed E-state index contributed by atoms with van der Waals surface area (Å²) in [6.07, 6.45) is 5.90. The van der Waals surface area contributed by atoms with Gasteiger partial charge in [0.15, 0.2) is 11.6 Å². The molecule has 6 nitrogen and oxygen atoms in total. The molecule has 0 bridgehead atoms. The molecule has 0 radical (unpaired) electrons. The van der Waals surface area contributed by atoms with Crippen LogP contribution >= 0.6 is 0 Å². The Bertz CT molecular complexity index is 824. The minimum absolute atomic E-state index is 0.446. The van der Waals surface area contributed by atoms with Crippen LogP contribution in [0.1, 0.15) is 18.5 Å². The minimum atomic E-state index is 0.446. The van der Waals surface area contributed by atoms with Crippen molar-refractivity contribution in [2.75, 3.05) is 18.0 Å². The second kappa shape index (κ2) is 8.01. The van der Waals surface area contributed by atoms with Crippen LogP contribution in [0.25, 0.3) is 11.4 Å². The first-order valence-corrected chi connectivity index (χ1v) is 9.02. The lowest BCUT2D eigenvalue weighted by Gasteiger charge is -2.25. The predicted octanol–water partition coefficient (Wildman–Crippen LogP) is 2.69. The smallest absolute Gasteiger partial charge is 0.159 e. The quantitative estimate of drug-likeness (QED) is 0.740. The van der Waals surface area contributed by atoms with E-state index < -0.39 is 0 Å². The lowest BCUT2D eigenvalue weighted by Crippen LogP contribution is -2.38. The maximum absolute atomic E-state index is 4.67. The van der Waals surface area contributed by atoms with Crippen molar-refractivity contribution in [3.63, 3.8) is 0 Å². The third-order valence-corrected chi connectivity index (χ3v) is 4.66. The maximum atomic E-state index is 4.67. The molecule has 1 aliphatic heterocycles. The number of hydrogen-bond acceptors (Lipinski definition) is 6. The van der Waals surface area contributed by atoms with E-state index in [4.69, 9.17) is 0 Å². The van der Waals surface area contributed by atoms with E-state index in [0.29, 0.717) is 6.04 Å². The fourth-order valence-electron chi connectivity index (χ4n) is 3.38. The highest BCUT2D eigenvalue weighted by atomic mass is 15.3. The van der Waals surface area contributed by atoms with Crippen LogP contribution in [0.2, 0.25) is 0 Å². The summed E-state index contributed by atoms with van der Waals surface area (Å²) in [6, 6.07) is 16.5. The summed E-state index contributed by atoms with van der Waals surface area (Å²) >= 11 is 0. The summed E-state index contributed by atoms with van der Waals surface area (Å²) in [5.41, 5.74) is 2.04. The minimum Gasteiger partial charge on any atom is -0.351 e. The van der Waals surface area contributed by atoms with Gasteiger partial charge in [0.2, 0.25) is 0 Å². The molecule has 26 heavy (non-hydrogen) atoms. The van der Waals surface area contributed by atoms with Gasteiger partial charge in [-0.1, -0.05) is 30.3 Å². The first-order valence-electron chi connectivity index (χ1n) is 9.02. The van der Waals surface area contributed by atoms with Crippen LogP contribution in [-0.2, 0) is 6.54 Å². The molecule has 1 aromatic carbocycles. The van der Waals surface area contributed by atoms with E-state index in [1.54, 1.807) is 6.20 Å². The van der Waals surface area contributed by atoms with Gasteiger partial charge in [-0.3, -0.25) is 0 Å². The molecular formula is C20H22N6. The van der Waals surface area contributed by atoms with E-state index in [9.17, 15) is 0 Å². The molecule has 132 valence electrons. The molecule has 1 N–H and O–H groups in total. The Labute approximate surface area is 153 Å². The topological polar surface area (TPSA) is 66.8 Å². The fourth-order valence-corrected chi connectivity index (χ4v) is 3.38. The van der Waals surface area contributed by atoms with Gasteiger partial charge in [-0.2, -0.15) is 5.10 Å². The Morgan fingerprint density at radius 2 is 1.96 bits per heavy atom. The van der Waals surface area contributed by atoms with Crippen LogP contribution in [0, 0.1) is 0 Å². The van der Waals surface area contributed by atoms with Crippen LogP contribution in [0.15, 0.2) is 60.9 Å². The zero-order valence-electron chi connectivity index (χ0n) is 14.6. The summed E-state index contributed by atoms with van der Waals surface area (Å²) < 4.78 is 0. The summed E-state index contributed by atoms with van der Waals surface area (Å²) in [5, 5.41) is 11.8. The zero-order valence-corrected chi connectivity index (χ0v) is 14.6. The molecule has 1 fully saturated rings. The zero-order chi connectivity index (χ0) is 17.6. The van der Waals surface area contributed by atoms with Crippen LogP contribution in [0.4, 0.5) is 5.82 Å². The van der Waals surface area contributed by atoms with E-state index in [-0.39, 0.29) is 0 Å². The van der Waals surface area contributed by atoms with E-state index >= 15 is 0 Å². The van der Waals surface area contributed by atoms with Crippen molar-refractivity contribution in [2.24, 2.45) is 0 Å². The van der Waals surface area contributed by atoms with Gasteiger partial charge in [0.1, 0.15) is 0 Å². The lowest BCUT2D eigenvalue weighted by molar-refractivity contribution is 0.565. The highest BCUT2D eigenvalue weighted by Crippen LogP contribution is 2.22. The highest BCUT2D eigenvalue weighted by molar-refractivity contribution is 5.54. The van der Waals surface area contributed by atoms with Crippen molar-refractivity contribution in [3.8, 4) is 11.4 Å². The van der Waals surface area contributed by atoms with E-state index in [1.807, 2.05) is 54.7 Å². The van der Waals surface area contributed by atoms with Crippen molar-refractivity contribution in [2.45, 2.75) is 25.4 Å². The molecule has 0 spiro atoms. The molecule has 4 rings (SSSR count). The summed E-state index contributed by atoms with van der Waals surface area (Å²) in [6.45, 7) is 2.67. The Morgan fingerprint density at radius 3 is 2.81 bits per heavy atom. The first kappa shape index (κ1) is 16.6. The van der Waals surface area contributed by atoms with Gasteiger partial charge >= 0.3 is 0 Å². The third kappa shape index (κ3) is 3.86. The predicted molar refractivity (Wildman–Crippen MR) is 102 cm³/mol. The van der Waals surface area contributed by atoms with Gasteiger partial charge in [-0.05, 0) is 31.0 Å². The number of nitrogens with one attached hydrogen (secondary N) is 1. The van der Waals surface area contributed by atoms with Crippen LogP contribution in [-0.4, -0.2) is 39.3 Å². The molecule has 3 heterocycles. The van der Waals surface area contributed by atoms with E-state index in [0.717, 1.165) is 42.5 Å². The Morgan fingerprint density at radius 1 is 1.04 bits per heavy atom. The van der Waals surface area contributed by atoms with Crippen molar-refractivity contribution >= 4 is 5.82 Å². The number of benzene rings is 1. The SMILES string of the molecule is c1ccc(-c2nccc(CNC[C@H]3CCCN3c3cccnn3)n2)cc1. The third-order valence-electron chi connectivity index (χ3n) is 4.66. The van der Waals surface area contributed by atoms with Crippen LogP contribution < -0.4 is 10.2 Å². The molecule has 6 heteroatoms. The average Bonchev–Trinajstić information content (AvgIpc) is 3.18. The molecule has 1 atom stereocenters. The second-order valence-corrected chi connectivity index (χ2v) is 6.44. The molecule has 0 amide bonds. The Hall–Kier alpha value is -2.86. The molecule has 0 aliphatic carbocycles. The molecule has 0 saturated carbocycles. The largest absolute Gasteiger partial charge is 0.351 e.